The number of carbonyl (C=O) groups is 1. The molecule has 130 valence electrons. The first-order valence-corrected chi connectivity index (χ1v) is 8.47. The lowest BCUT2D eigenvalue weighted by Crippen LogP contribution is -2.09. The third-order valence-electron chi connectivity index (χ3n) is 3.29. The van der Waals surface area contributed by atoms with Gasteiger partial charge < -0.3 is 14.2 Å². The summed E-state index contributed by atoms with van der Waals surface area (Å²) in [5, 5.41) is 0. The summed E-state index contributed by atoms with van der Waals surface area (Å²) in [4.78, 5) is 11.8. The number of rotatable bonds is 12. The predicted molar refractivity (Wildman–Crippen MR) is 92.2 cm³/mol. The molecule has 4 nitrogen and oxygen atoms in total. The molecule has 4 heteroatoms. The topological polar surface area (TPSA) is 44.8 Å². The lowest BCUT2D eigenvalue weighted by molar-refractivity contribution is 0.0618. The lowest BCUT2D eigenvalue weighted by atomic mass is 10.0. The molecule has 23 heavy (non-hydrogen) atoms. The first kappa shape index (κ1) is 19.7. The highest BCUT2D eigenvalue weighted by atomic mass is 16.5. The molecule has 0 saturated carbocycles. The molecule has 0 aliphatic rings. The van der Waals surface area contributed by atoms with E-state index in [2.05, 4.69) is 0 Å². The van der Waals surface area contributed by atoms with Gasteiger partial charge in [0.05, 0.1) is 12.7 Å². The Labute approximate surface area is 140 Å². The van der Waals surface area contributed by atoms with Gasteiger partial charge in [0.25, 0.3) is 0 Å². The van der Waals surface area contributed by atoms with E-state index in [0.29, 0.717) is 19.3 Å². The molecule has 1 rings (SSSR count). The van der Waals surface area contributed by atoms with Crippen molar-refractivity contribution in [1.29, 1.82) is 0 Å². The van der Waals surface area contributed by atoms with Crippen LogP contribution in [0.2, 0.25) is 0 Å². The highest BCUT2D eigenvalue weighted by Crippen LogP contribution is 2.15. The van der Waals surface area contributed by atoms with Crippen molar-refractivity contribution < 1.29 is 19.0 Å². The zero-order chi connectivity index (χ0) is 17.1. The highest BCUT2D eigenvalue weighted by molar-refractivity contribution is 5.97. The van der Waals surface area contributed by atoms with Gasteiger partial charge in [-0.1, -0.05) is 13.8 Å². The number of carbonyl (C=O) groups excluding carboxylic acids is 1. The molecule has 0 unspecified atom stereocenters. The number of Topliss-reactive ketones (excluding diaryl/α,β-unsaturated/α-hetero) is 1. The molecular formula is C19H30O4. The van der Waals surface area contributed by atoms with Crippen LogP contribution in [0.1, 0.15) is 50.9 Å². The molecule has 0 amide bonds. The van der Waals surface area contributed by atoms with E-state index in [0.717, 1.165) is 37.4 Å². The van der Waals surface area contributed by atoms with E-state index in [1.807, 2.05) is 52.0 Å². The van der Waals surface area contributed by atoms with Gasteiger partial charge in [-0.25, -0.2) is 0 Å². The third-order valence-corrected chi connectivity index (χ3v) is 3.29. The summed E-state index contributed by atoms with van der Waals surface area (Å²) in [6, 6.07) is 7.29. The maximum Gasteiger partial charge on any atom is 0.165 e. The Morgan fingerprint density at radius 1 is 0.913 bits per heavy atom. The molecule has 0 spiro atoms. The predicted octanol–water partition coefficient (Wildman–Crippen LogP) is 4.13. The van der Waals surface area contributed by atoms with Crippen molar-refractivity contribution in [2.45, 2.75) is 46.6 Å². The molecule has 0 atom stereocenters. The van der Waals surface area contributed by atoms with Crippen molar-refractivity contribution >= 4 is 5.78 Å². The van der Waals surface area contributed by atoms with Crippen LogP contribution in [-0.4, -0.2) is 38.3 Å². The van der Waals surface area contributed by atoms with Crippen LogP contribution in [0.5, 0.6) is 5.75 Å². The largest absolute Gasteiger partial charge is 0.491 e. The normalized spacial score (nSPS) is 11.2. The van der Waals surface area contributed by atoms with Crippen LogP contribution in [0.3, 0.4) is 0 Å². The standard InChI is InChI=1S/C19H30O4/c1-15(2)19(20)17-7-9-18(10-8-17)23-14-13-21-11-5-6-12-22-16(3)4/h7-10,15-16H,5-6,11-14H2,1-4H3. The summed E-state index contributed by atoms with van der Waals surface area (Å²) in [7, 11) is 0. The SMILES string of the molecule is CC(C)OCCCCOCCOc1ccc(C(=O)C(C)C)cc1. The molecule has 0 heterocycles. The van der Waals surface area contributed by atoms with Gasteiger partial charge in [0.1, 0.15) is 12.4 Å². The van der Waals surface area contributed by atoms with Crippen LogP contribution < -0.4 is 4.74 Å². The first-order valence-electron chi connectivity index (χ1n) is 8.47. The summed E-state index contributed by atoms with van der Waals surface area (Å²) < 4.78 is 16.6. The second-order valence-corrected chi connectivity index (χ2v) is 6.13. The Morgan fingerprint density at radius 2 is 1.57 bits per heavy atom. The second kappa shape index (κ2) is 11.2. The lowest BCUT2D eigenvalue weighted by Gasteiger charge is -2.09. The Hall–Kier alpha value is -1.39. The van der Waals surface area contributed by atoms with Crippen molar-refractivity contribution in [2.75, 3.05) is 26.4 Å². The van der Waals surface area contributed by atoms with Crippen LogP contribution in [0.4, 0.5) is 0 Å². The number of hydrogen-bond acceptors (Lipinski definition) is 4. The van der Waals surface area contributed by atoms with Gasteiger partial charge in [0.15, 0.2) is 5.78 Å². The van der Waals surface area contributed by atoms with E-state index in [4.69, 9.17) is 14.2 Å². The molecule has 0 bridgehead atoms. The Morgan fingerprint density at radius 3 is 2.17 bits per heavy atom. The number of ketones is 1. The smallest absolute Gasteiger partial charge is 0.165 e. The van der Waals surface area contributed by atoms with E-state index in [1.165, 1.54) is 0 Å². The van der Waals surface area contributed by atoms with Crippen molar-refractivity contribution in [3.8, 4) is 5.75 Å². The van der Waals surface area contributed by atoms with Gasteiger partial charge in [-0.2, -0.15) is 0 Å². The van der Waals surface area contributed by atoms with E-state index in [-0.39, 0.29) is 11.7 Å². The van der Waals surface area contributed by atoms with Crippen molar-refractivity contribution in [2.24, 2.45) is 5.92 Å². The molecule has 0 aliphatic carbocycles. The monoisotopic (exact) mass is 322 g/mol. The fourth-order valence-electron chi connectivity index (χ4n) is 1.99. The van der Waals surface area contributed by atoms with Gasteiger partial charge in [0, 0.05) is 24.7 Å². The maximum atomic E-state index is 11.8. The van der Waals surface area contributed by atoms with E-state index in [1.54, 1.807) is 0 Å². The third kappa shape index (κ3) is 8.72. The molecule has 0 N–H and O–H groups in total. The average Bonchev–Trinajstić information content (AvgIpc) is 2.52. The summed E-state index contributed by atoms with van der Waals surface area (Å²) in [6.45, 7) is 10.5. The first-order chi connectivity index (χ1) is 11.0. The molecule has 0 aliphatic heterocycles. The number of benzene rings is 1. The van der Waals surface area contributed by atoms with Crippen LogP contribution in [0, 0.1) is 5.92 Å². The average molecular weight is 322 g/mol. The fraction of sp³-hybridized carbons (Fsp3) is 0.632. The molecule has 0 aromatic heterocycles. The zero-order valence-electron chi connectivity index (χ0n) is 14.8. The van der Waals surface area contributed by atoms with Crippen LogP contribution in [-0.2, 0) is 9.47 Å². The summed E-state index contributed by atoms with van der Waals surface area (Å²) in [5.74, 6) is 0.932. The number of hydrogen-bond donors (Lipinski definition) is 0. The Bertz CT molecular complexity index is 437. The molecule has 1 aromatic rings. The second-order valence-electron chi connectivity index (χ2n) is 6.13. The van der Waals surface area contributed by atoms with Gasteiger partial charge in [0.2, 0.25) is 0 Å². The summed E-state index contributed by atoms with van der Waals surface area (Å²) >= 11 is 0. The van der Waals surface area contributed by atoms with Crippen LogP contribution >= 0.6 is 0 Å². The van der Waals surface area contributed by atoms with Gasteiger partial charge in [-0.05, 0) is 51.0 Å². The minimum atomic E-state index is 0.0149. The highest BCUT2D eigenvalue weighted by Gasteiger charge is 2.09. The van der Waals surface area contributed by atoms with Crippen LogP contribution in [0.15, 0.2) is 24.3 Å². The fourth-order valence-corrected chi connectivity index (χ4v) is 1.99. The van der Waals surface area contributed by atoms with E-state index < -0.39 is 0 Å². The van der Waals surface area contributed by atoms with Crippen molar-refractivity contribution in [1.82, 2.24) is 0 Å². The van der Waals surface area contributed by atoms with Gasteiger partial charge in [-0.3, -0.25) is 4.79 Å². The Kier molecular flexibility index (Phi) is 9.57. The Balaban J connectivity index is 2.09. The maximum absolute atomic E-state index is 11.8. The molecule has 1 aromatic carbocycles. The minimum absolute atomic E-state index is 0.0149. The van der Waals surface area contributed by atoms with Crippen molar-refractivity contribution in [3.05, 3.63) is 29.8 Å². The summed E-state index contributed by atoms with van der Waals surface area (Å²) in [5.41, 5.74) is 0.729. The molecule has 0 radical (unpaired) electrons. The summed E-state index contributed by atoms with van der Waals surface area (Å²) in [6.07, 6.45) is 2.31. The molecular weight excluding hydrogens is 292 g/mol. The van der Waals surface area contributed by atoms with Gasteiger partial charge >= 0.3 is 0 Å². The zero-order valence-corrected chi connectivity index (χ0v) is 14.8. The number of ether oxygens (including phenoxy) is 3. The van der Waals surface area contributed by atoms with Crippen LogP contribution in [0.25, 0.3) is 0 Å². The minimum Gasteiger partial charge on any atom is -0.491 e. The van der Waals surface area contributed by atoms with Crippen molar-refractivity contribution in [3.63, 3.8) is 0 Å². The molecule has 0 fully saturated rings. The molecule has 0 saturated heterocycles. The quantitative estimate of drug-likeness (QED) is 0.429. The van der Waals surface area contributed by atoms with E-state index in [9.17, 15) is 4.79 Å². The van der Waals surface area contributed by atoms with E-state index >= 15 is 0 Å². The number of unbranched alkanes of at least 4 members (excludes halogenated alkanes) is 1. The van der Waals surface area contributed by atoms with Gasteiger partial charge in [-0.15, -0.1) is 0 Å².